The highest BCUT2D eigenvalue weighted by molar-refractivity contribution is 6.77. The monoisotopic (exact) mass is 213 g/mol. The van der Waals surface area contributed by atoms with Gasteiger partial charge in [0.15, 0.2) is 4.33 Å². The van der Waals surface area contributed by atoms with E-state index in [4.69, 9.17) is 23.2 Å². The lowest BCUT2D eigenvalue weighted by atomic mass is 10.4. The van der Waals surface area contributed by atoms with E-state index in [1.54, 1.807) is 0 Å². The van der Waals surface area contributed by atoms with Crippen LogP contribution in [0.1, 0.15) is 6.92 Å². The molecule has 0 aliphatic rings. The van der Waals surface area contributed by atoms with Crippen molar-refractivity contribution in [1.82, 2.24) is 4.98 Å². The molecule has 0 aromatic rings. The first-order valence-corrected chi connectivity index (χ1v) is 7.59. The molecule has 0 aromatic heterocycles. The fourth-order valence-electron chi connectivity index (χ4n) is 0.450. The normalized spacial score (nSPS) is 12.9. The topological polar surface area (TPSA) is 29.1 Å². The van der Waals surface area contributed by atoms with Crippen LogP contribution in [0.5, 0.6) is 0 Å². The van der Waals surface area contributed by atoms with Crippen LogP contribution in [-0.4, -0.2) is 18.5 Å². The summed E-state index contributed by atoms with van der Waals surface area (Å²) in [5, 5.41) is 0. The highest BCUT2D eigenvalue weighted by Crippen LogP contribution is 2.19. The predicted octanol–water partition coefficient (Wildman–Crippen LogP) is 2.13. The zero-order valence-corrected chi connectivity index (χ0v) is 9.68. The Kier molecular flexibility index (Phi) is 3.41. The molecule has 5 heteroatoms. The van der Waals surface area contributed by atoms with Gasteiger partial charge in [-0.25, -0.2) is 0 Å². The van der Waals surface area contributed by atoms with Crippen molar-refractivity contribution in [1.29, 1.82) is 0 Å². The van der Waals surface area contributed by atoms with Gasteiger partial charge in [-0.05, 0) is 6.92 Å². The number of carbonyl (C=O) groups excluding carboxylic acids is 1. The Labute approximate surface area is 78.3 Å². The molecule has 0 fully saturated rings. The molecule has 0 bridgehead atoms. The van der Waals surface area contributed by atoms with Crippen molar-refractivity contribution in [2.24, 2.45) is 0 Å². The first kappa shape index (κ1) is 11.3. The summed E-state index contributed by atoms with van der Waals surface area (Å²) in [7, 11) is -1.60. The smallest absolute Gasteiger partial charge is 0.248 e. The van der Waals surface area contributed by atoms with Gasteiger partial charge in [-0.3, -0.25) is 4.79 Å². The van der Waals surface area contributed by atoms with Crippen LogP contribution in [0.2, 0.25) is 19.6 Å². The van der Waals surface area contributed by atoms with Crippen LogP contribution < -0.4 is 4.98 Å². The molecule has 0 spiro atoms. The molecule has 0 aliphatic heterocycles. The molecule has 0 saturated carbocycles. The van der Waals surface area contributed by atoms with Crippen LogP contribution in [0.25, 0.3) is 0 Å². The van der Waals surface area contributed by atoms with Gasteiger partial charge in [0.25, 0.3) is 0 Å². The molecule has 0 atom stereocenters. The Morgan fingerprint density at radius 2 is 1.73 bits per heavy atom. The van der Waals surface area contributed by atoms with Crippen molar-refractivity contribution in [2.75, 3.05) is 0 Å². The van der Waals surface area contributed by atoms with E-state index in [1.165, 1.54) is 6.92 Å². The van der Waals surface area contributed by atoms with Gasteiger partial charge in [-0.1, -0.05) is 42.8 Å². The number of halogens is 2. The minimum absolute atomic E-state index is 0.306. The van der Waals surface area contributed by atoms with Gasteiger partial charge in [-0.2, -0.15) is 0 Å². The molecule has 0 aromatic carbocycles. The van der Waals surface area contributed by atoms with Crippen LogP contribution in [0.4, 0.5) is 0 Å². The fraction of sp³-hybridized carbons (Fsp3) is 0.833. The molecular formula is C6H13Cl2NOSi. The molecule has 1 N–H and O–H groups in total. The Hall–Kier alpha value is 0.267. The SMILES string of the molecule is CC(Cl)(Cl)C(=O)N[Si](C)(C)C. The molecule has 0 radical (unpaired) electrons. The molecule has 0 unspecified atom stereocenters. The van der Waals surface area contributed by atoms with Crippen molar-refractivity contribution < 1.29 is 4.79 Å². The molecule has 0 aliphatic carbocycles. The average molecular weight is 214 g/mol. The fourth-order valence-corrected chi connectivity index (χ4v) is 1.63. The highest BCUT2D eigenvalue weighted by atomic mass is 35.5. The molecule has 66 valence electrons. The standard InChI is InChI=1S/C6H13Cl2NOSi/c1-6(7,8)5(10)9-11(2,3)4/h1-4H3,(H,9,10). The summed E-state index contributed by atoms with van der Waals surface area (Å²) in [5.74, 6) is -0.306. The van der Waals surface area contributed by atoms with Crippen molar-refractivity contribution in [3.8, 4) is 0 Å². The quantitative estimate of drug-likeness (QED) is 0.553. The van der Waals surface area contributed by atoms with Crippen molar-refractivity contribution >= 4 is 37.3 Å². The van der Waals surface area contributed by atoms with Crippen LogP contribution in [0.3, 0.4) is 0 Å². The summed E-state index contributed by atoms with van der Waals surface area (Å²) in [5.41, 5.74) is 0. The zero-order valence-electron chi connectivity index (χ0n) is 7.16. The number of hydrogen-bond acceptors (Lipinski definition) is 1. The second-order valence-electron chi connectivity index (χ2n) is 3.59. The number of amides is 1. The maximum Gasteiger partial charge on any atom is 0.248 e. The number of rotatable bonds is 2. The second-order valence-corrected chi connectivity index (χ2v) is 10.0. The molecule has 0 saturated heterocycles. The lowest BCUT2D eigenvalue weighted by Crippen LogP contribution is -2.50. The Bertz CT molecular complexity index is 159. The number of hydrogen-bond donors (Lipinski definition) is 1. The number of carbonyl (C=O) groups is 1. The number of nitrogens with one attached hydrogen (secondary N) is 1. The van der Waals surface area contributed by atoms with Crippen molar-refractivity contribution in [3.63, 3.8) is 0 Å². The van der Waals surface area contributed by atoms with Gasteiger partial charge in [0.05, 0.1) is 0 Å². The minimum atomic E-state index is -1.60. The van der Waals surface area contributed by atoms with E-state index in [9.17, 15) is 4.79 Å². The Morgan fingerprint density at radius 1 is 1.36 bits per heavy atom. The van der Waals surface area contributed by atoms with Crippen LogP contribution in [-0.2, 0) is 4.79 Å². The first-order chi connectivity index (χ1) is 4.63. The molecule has 2 nitrogen and oxygen atoms in total. The van der Waals surface area contributed by atoms with Crippen LogP contribution >= 0.6 is 23.2 Å². The molecule has 1 amide bonds. The second kappa shape index (κ2) is 3.33. The predicted molar refractivity (Wildman–Crippen MR) is 51.6 cm³/mol. The molecule has 0 rings (SSSR count). The minimum Gasteiger partial charge on any atom is -0.380 e. The summed E-state index contributed by atoms with van der Waals surface area (Å²) in [6.07, 6.45) is 0. The summed E-state index contributed by atoms with van der Waals surface area (Å²) in [4.78, 5) is 13.9. The van der Waals surface area contributed by atoms with Gasteiger partial charge >= 0.3 is 0 Å². The maximum absolute atomic E-state index is 11.1. The summed E-state index contributed by atoms with van der Waals surface area (Å²) in [6, 6.07) is 0. The Balaban J connectivity index is 4.11. The van der Waals surface area contributed by atoms with Gasteiger partial charge in [0.1, 0.15) is 8.24 Å². The lowest BCUT2D eigenvalue weighted by molar-refractivity contribution is -0.119. The highest BCUT2D eigenvalue weighted by Gasteiger charge is 2.30. The van der Waals surface area contributed by atoms with Crippen LogP contribution in [0, 0.1) is 0 Å². The van der Waals surface area contributed by atoms with E-state index in [0.717, 1.165) is 0 Å². The van der Waals surface area contributed by atoms with Gasteiger partial charge in [0.2, 0.25) is 5.91 Å². The third-order valence-corrected chi connectivity index (χ3v) is 2.21. The summed E-state index contributed by atoms with van der Waals surface area (Å²) in [6.45, 7) is 7.48. The maximum atomic E-state index is 11.1. The van der Waals surface area contributed by atoms with E-state index in [1.807, 2.05) is 19.6 Å². The van der Waals surface area contributed by atoms with E-state index in [0.29, 0.717) is 0 Å². The summed E-state index contributed by atoms with van der Waals surface area (Å²) < 4.78 is -1.31. The largest absolute Gasteiger partial charge is 0.380 e. The van der Waals surface area contributed by atoms with E-state index in [2.05, 4.69) is 4.98 Å². The number of alkyl halides is 2. The molecular weight excluding hydrogens is 201 g/mol. The van der Waals surface area contributed by atoms with Crippen molar-refractivity contribution in [2.45, 2.75) is 30.9 Å². The molecule has 0 heterocycles. The zero-order chi connectivity index (χ0) is 9.28. The van der Waals surface area contributed by atoms with Crippen LogP contribution in [0.15, 0.2) is 0 Å². The van der Waals surface area contributed by atoms with E-state index >= 15 is 0 Å². The third kappa shape index (κ3) is 5.53. The van der Waals surface area contributed by atoms with Gasteiger partial charge in [0, 0.05) is 0 Å². The Morgan fingerprint density at radius 3 is 1.82 bits per heavy atom. The summed E-state index contributed by atoms with van der Waals surface area (Å²) >= 11 is 11.1. The molecule has 11 heavy (non-hydrogen) atoms. The van der Waals surface area contributed by atoms with Gasteiger partial charge in [-0.15, -0.1) is 0 Å². The third-order valence-electron chi connectivity index (χ3n) is 0.887. The lowest BCUT2D eigenvalue weighted by Gasteiger charge is -2.22. The van der Waals surface area contributed by atoms with Crippen molar-refractivity contribution in [3.05, 3.63) is 0 Å². The first-order valence-electron chi connectivity index (χ1n) is 3.33. The van der Waals surface area contributed by atoms with E-state index in [-0.39, 0.29) is 5.91 Å². The van der Waals surface area contributed by atoms with Gasteiger partial charge < -0.3 is 4.98 Å². The van der Waals surface area contributed by atoms with E-state index < -0.39 is 12.6 Å². The average Bonchev–Trinajstić information content (AvgIpc) is 1.56.